The van der Waals surface area contributed by atoms with Crippen molar-refractivity contribution in [1.82, 2.24) is 0 Å². The Bertz CT molecular complexity index is 761. The third-order valence-corrected chi connectivity index (χ3v) is 3.66. The van der Waals surface area contributed by atoms with Crippen molar-refractivity contribution in [3.05, 3.63) is 52.6 Å². The SMILES string of the molecule is N#Cc1cc2c(c(C#N)c1N)CCc1ccccc1-2. The molecular formula is C16H11N3. The van der Waals surface area contributed by atoms with Crippen molar-refractivity contribution in [1.29, 1.82) is 10.5 Å². The fraction of sp³-hybridized carbons (Fsp3) is 0.125. The van der Waals surface area contributed by atoms with E-state index in [0.29, 0.717) is 16.8 Å². The second kappa shape index (κ2) is 4.15. The van der Waals surface area contributed by atoms with Crippen molar-refractivity contribution < 1.29 is 0 Å². The summed E-state index contributed by atoms with van der Waals surface area (Å²) in [7, 11) is 0. The number of aryl methyl sites for hydroxylation is 1. The number of nitrogens with zero attached hydrogens (tertiary/aromatic N) is 2. The van der Waals surface area contributed by atoms with Crippen LogP contribution < -0.4 is 5.73 Å². The maximum atomic E-state index is 9.30. The molecule has 0 saturated heterocycles. The Kier molecular flexibility index (Phi) is 2.47. The number of rotatable bonds is 0. The molecule has 0 bridgehead atoms. The van der Waals surface area contributed by atoms with E-state index in [0.717, 1.165) is 29.5 Å². The van der Waals surface area contributed by atoms with Crippen LogP contribution in [0.1, 0.15) is 22.3 Å². The molecule has 19 heavy (non-hydrogen) atoms. The predicted molar refractivity (Wildman–Crippen MR) is 73.1 cm³/mol. The van der Waals surface area contributed by atoms with Crippen LogP contribution in [0.3, 0.4) is 0 Å². The minimum atomic E-state index is 0.308. The number of hydrogen-bond donors (Lipinski definition) is 1. The lowest BCUT2D eigenvalue weighted by Crippen LogP contribution is -2.09. The number of benzene rings is 2. The van der Waals surface area contributed by atoms with E-state index >= 15 is 0 Å². The van der Waals surface area contributed by atoms with Crippen LogP contribution in [-0.4, -0.2) is 0 Å². The first-order valence-corrected chi connectivity index (χ1v) is 6.10. The van der Waals surface area contributed by atoms with E-state index in [-0.39, 0.29) is 0 Å². The zero-order chi connectivity index (χ0) is 13.4. The Morgan fingerprint density at radius 2 is 1.79 bits per heavy atom. The number of fused-ring (bicyclic) bond motifs is 3. The Morgan fingerprint density at radius 1 is 1.00 bits per heavy atom. The lowest BCUT2D eigenvalue weighted by molar-refractivity contribution is 0.938. The van der Waals surface area contributed by atoms with Gasteiger partial charge in [0.05, 0.1) is 16.8 Å². The summed E-state index contributed by atoms with van der Waals surface area (Å²) in [5.41, 5.74) is 11.4. The highest BCUT2D eigenvalue weighted by Gasteiger charge is 2.22. The van der Waals surface area contributed by atoms with E-state index < -0.39 is 0 Å². The van der Waals surface area contributed by atoms with Crippen molar-refractivity contribution in [3.63, 3.8) is 0 Å². The third-order valence-electron chi connectivity index (χ3n) is 3.66. The molecule has 0 fully saturated rings. The first kappa shape index (κ1) is 11.3. The normalized spacial score (nSPS) is 11.9. The highest BCUT2D eigenvalue weighted by atomic mass is 14.6. The molecular weight excluding hydrogens is 234 g/mol. The Hall–Kier alpha value is -2.78. The van der Waals surface area contributed by atoms with E-state index in [1.807, 2.05) is 24.3 Å². The molecule has 0 aliphatic heterocycles. The van der Waals surface area contributed by atoms with Crippen molar-refractivity contribution in [2.45, 2.75) is 12.8 Å². The summed E-state index contributed by atoms with van der Waals surface area (Å²) in [5, 5.41) is 18.5. The summed E-state index contributed by atoms with van der Waals surface area (Å²) in [6, 6.07) is 14.1. The molecule has 0 amide bonds. The van der Waals surface area contributed by atoms with Gasteiger partial charge in [-0.15, -0.1) is 0 Å². The molecule has 0 saturated carbocycles. The quantitative estimate of drug-likeness (QED) is 0.725. The average Bonchev–Trinajstić information content (AvgIpc) is 2.46. The van der Waals surface area contributed by atoms with Crippen molar-refractivity contribution in [2.75, 3.05) is 5.73 Å². The van der Waals surface area contributed by atoms with Gasteiger partial charge in [-0.05, 0) is 41.2 Å². The summed E-state index contributed by atoms with van der Waals surface area (Å²) in [6.45, 7) is 0. The lowest BCUT2D eigenvalue weighted by Gasteiger charge is -2.22. The summed E-state index contributed by atoms with van der Waals surface area (Å²) >= 11 is 0. The Morgan fingerprint density at radius 3 is 2.53 bits per heavy atom. The predicted octanol–water partition coefficient (Wildman–Crippen LogP) is 2.78. The standard InChI is InChI=1S/C16H11N3/c17-8-11-7-14-12-4-2-1-3-10(12)5-6-13(14)15(9-18)16(11)19/h1-4,7H,5-6,19H2. The zero-order valence-corrected chi connectivity index (χ0v) is 10.3. The summed E-state index contributed by atoms with van der Waals surface area (Å²) < 4.78 is 0. The van der Waals surface area contributed by atoms with E-state index in [1.54, 1.807) is 0 Å². The zero-order valence-electron chi connectivity index (χ0n) is 10.3. The fourth-order valence-corrected chi connectivity index (χ4v) is 2.72. The van der Waals surface area contributed by atoms with Crippen LogP contribution in [0, 0.1) is 22.7 Å². The number of anilines is 1. The molecule has 3 rings (SSSR count). The largest absolute Gasteiger partial charge is 0.397 e. The van der Waals surface area contributed by atoms with Crippen molar-refractivity contribution in [2.24, 2.45) is 0 Å². The molecule has 0 aromatic heterocycles. The van der Waals surface area contributed by atoms with E-state index in [4.69, 9.17) is 11.0 Å². The second-order valence-electron chi connectivity index (χ2n) is 4.62. The van der Waals surface area contributed by atoms with Gasteiger partial charge in [-0.25, -0.2) is 0 Å². The smallest absolute Gasteiger partial charge is 0.102 e. The lowest BCUT2D eigenvalue weighted by atomic mass is 9.82. The molecule has 2 N–H and O–H groups in total. The van der Waals surface area contributed by atoms with E-state index in [2.05, 4.69) is 18.2 Å². The third kappa shape index (κ3) is 1.57. The van der Waals surface area contributed by atoms with Gasteiger partial charge >= 0.3 is 0 Å². The van der Waals surface area contributed by atoms with Crippen molar-refractivity contribution in [3.8, 4) is 23.3 Å². The maximum Gasteiger partial charge on any atom is 0.102 e. The summed E-state index contributed by atoms with van der Waals surface area (Å²) in [5.74, 6) is 0. The summed E-state index contributed by atoms with van der Waals surface area (Å²) in [4.78, 5) is 0. The van der Waals surface area contributed by atoms with Crippen LogP contribution in [0.25, 0.3) is 11.1 Å². The van der Waals surface area contributed by atoms with Gasteiger partial charge in [0.25, 0.3) is 0 Å². The fourth-order valence-electron chi connectivity index (χ4n) is 2.72. The summed E-state index contributed by atoms with van der Waals surface area (Å²) in [6.07, 6.45) is 1.70. The van der Waals surface area contributed by atoms with Gasteiger partial charge in [0.1, 0.15) is 12.1 Å². The van der Waals surface area contributed by atoms with Gasteiger partial charge in [0, 0.05) is 0 Å². The number of hydrogen-bond acceptors (Lipinski definition) is 3. The second-order valence-corrected chi connectivity index (χ2v) is 4.62. The van der Waals surface area contributed by atoms with Gasteiger partial charge in [-0.3, -0.25) is 0 Å². The van der Waals surface area contributed by atoms with Crippen LogP contribution in [0.15, 0.2) is 30.3 Å². The molecule has 0 radical (unpaired) electrons. The molecule has 1 aliphatic carbocycles. The topological polar surface area (TPSA) is 73.6 Å². The molecule has 90 valence electrons. The van der Waals surface area contributed by atoms with Crippen LogP contribution in [0.5, 0.6) is 0 Å². The van der Waals surface area contributed by atoms with Crippen molar-refractivity contribution >= 4 is 5.69 Å². The van der Waals surface area contributed by atoms with Gasteiger partial charge in [0.2, 0.25) is 0 Å². The molecule has 0 spiro atoms. The van der Waals surface area contributed by atoms with Crippen LogP contribution >= 0.6 is 0 Å². The molecule has 2 aromatic carbocycles. The molecule has 0 unspecified atom stereocenters. The van der Waals surface area contributed by atoms with E-state index in [9.17, 15) is 5.26 Å². The molecule has 1 aliphatic rings. The number of nitrogen functional groups attached to an aromatic ring is 1. The van der Waals surface area contributed by atoms with Crippen LogP contribution in [0.4, 0.5) is 5.69 Å². The average molecular weight is 245 g/mol. The monoisotopic (exact) mass is 245 g/mol. The molecule has 3 heteroatoms. The Balaban J connectivity index is 2.39. The van der Waals surface area contributed by atoms with Crippen LogP contribution in [-0.2, 0) is 12.8 Å². The first-order chi connectivity index (χ1) is 9.26. The molecule has 3 nitrogen and oxygen atoms in total. The highest BCUT2D eigenvalue weighted by molar-refractivity contribution is 5.82. The van der Waals surface area contributed by atoms with Gasteiger partial charge in [-0.2, -0.15) is 10.5 Å². The number of nitriles is 2. The Labute approximate surface area is 111 Å². The van der Waals surface area contributed by atoms with Gasteiger partial charge in [-0.1, -0.05) is 24.3 Å². The van der Waals surface area contributed by atoms with Gasteiger partial charge in [0.15, 0.2) is 0 Å². The minimum absolute atomic E-state index is 0.308. The molecule has 0 heterocycles. The minimum Gasteiger partial charge on any atom is -0.397 e. The molecule has 0 atom stereocenters. The maximum absolute atomic E-state index is 9.30. The highest BCUT2D eigenvalue weighted by Crippen LogP contribution is 2.38. The molecule has 2 aromatic rings. The first-order valence-electron chi connectivity index (χ1n) is 6.10. The van der Waals surface area contributed by atoms with Gasteiger partial charge < -0.3 is 5.73 Å². The van der Waals surface area contributed by atoms with Crippen LogP contribution in [0.2, 0.25) is 0 Å². The van der Waals surface area contributed by atoms with E-state index in [1.165, 1.54) is 5.56 Å². The number of nitrogens with two attached hydrogens (primary N) is 1.